The molecule has 0 fully saturated rings. The van der Waals surface area contributed by atoms with Gasteiger partial charge in [-0.15, -0.1) is 5.10 Å². The number of amides is 2. The Labute approximate surface area is 281 Å². The van der Waals surface area contributed by atoms with Crippen LogP contribution >= 0.6 is 11.6 Å². The predicted octanol–water partition coefficient (Wildman–Crippen LogP) is 3.48. The lowest BCUT2D eigenvalue weighted by Gasteiger charge is -2.36. The van der Waals surface area contributed by atoms with Crippen LogP contribution in [0.5, 0.6) is 0 Å². The Balaban J connectivity index is 1.49. The first-order valence-corrected chi connectivity index (χ1v) is 15.4. The molecule has 0 radical (unpaired) electrons. The Hall–Kier alpha value is -5.27. The van der Waals surface area contributed by atoms with E-state index in [1.165, 1.54) is 47.3 Å². The summed E-state index contributed by atoms with van der Waals surface area (Å²) in [7, 11) is 5.09. The lowest BCUT2D eigenvalue weighted by atomic mass is 9.85. The van der Waals surface area contributed by atoms with Crippen molar-refractivity contribution in [3.63, 3.8) is 0 Å². The van der Waals surface area contributed by atoms with Gasteiger partial charge in [0.25, 0.3) is 5.91 Å². The third kappa shape index (κ3) is 7.48. The molecule has 4 aromatic rings. The van der Waals surface area contributed by atoms with Crippen molar-refractivity contribution in [3.8, 4) is 5.69 Å². The number of ketones is 1. The maximum Gasteiger partial charge on any atom is 0.337 e. The molecule has 1 aliphatic rings. The van der Waals surface area contributed by atoms with Gasteiger partial charge in [0.15, 0.2) is 11.6 Å². The first-order chi connectivity index (χ1) is 23.1. The number of aromatic nitrogens is 4. The zero-order valence-corrected chi connectivity index (χ0v) is 27.3. The van der Waals surface area contributed by atoms with E-state index in [1.807, 2.05) is 19.0 Å². The predicted molar refractivity (Wildman–Crippen MR) is 175 cm³/mol. The number of esters is 1. The van der Waals surface area contributed by atoms with Crippen LogP contribution in [0.2, 0.25) is 5.02 Å². The molecule has 5 rings (SSSR count). The number of rotatable bonds is 11. The van der Waals surface area contributed by atoms with Crippen molar-refractivity contribution < 1.29 is 28.3 Å². The highest BCUT2D eigenvalue weighted by Crippen LogP contribution is 2.34. The van der Waals surface area contributed by atoms with Crippen LogP contribution in [0.1, 0.15) is 49.0 Å². The van der Waals surface area contributed by atoms with E-state index in [2.05, 4.69) is 20.8 Å². The summed E-state index contributed by atoms with van der Waals surface area (Å²) in [6.07, 6.45) is 3.98. The van der Waals surface area contributed by atoms with Gasteiger partial charge in [-0.05, 0) is 84.0 Å². The molecule has 14 heteroatoms. The number of nitrogens with one attached hydrogen (secondary N) is 1. The van der Waals surface area contributed by atoms with Crippen molar-refractivity contribution in [2.75, 3.05) is 40.8 Å². The molecule has 1 N–H and O–H groups in total. The molecule has 1 aromatic heterocycles. The van der Waals surface area contributed by atoms with Gasteiger partial charge < -0.3 is 19.9 Å². The van der Waals surface area contributed by atoms with Gasteiger partial charge in [-0.2, -0.15) is 4.68 Å². The van der Waals surface area contributed by atoms with Crippen LogP contribution in [0.25, 0.3) is 11.8 Å². The van der Waals surface area contributed by atoms with E-state index >= 15 is 4.39 Å². The highest BCUT2D eigenvalue weighted by atomic mass is 35.5. The number of carbonyl (C=O) groups is 4. The third-order valence-electron chi connectivity index (χ3n) is 7.95. The number of likely N-dealkylation sites (N-methyl/N-ethyl adjacent to an activating group) is 1. The van der Waals surface area contributed by atoms with Crippen molar-refractivity contribution in [1.82, 2.24) is 35.3 Å². The Kier molecular flexibility index (Phi) is 10.7. The molecule has 12 nitrogen and oxygen atoms in total. The smallest absolute Gasteiger partial charge is 0.337 e. The molecular formula is C34H33ClFN7O5. The molecule has 3 aromatic carbocycles. The number of carbonyl (C=O) groups excluding carboxylic acids is 4. The van der Waals surface area contributed by atoms with E-state index in [0.717, 1.165) is 0 Å². The van der Waals surface area contributed by atoms with Crippen molar-refractivity contribution in [2.24, 2.45) is 0 Å². The standard InChI is InChI=1S/C34H33ClFN7O5/c1-41(2)18-16-37-33(46)25-6-4-5-24-23(25)15-17-42(32(24)29(44)19-21-7-9-22(10-8-21)34(47)48-3)30(45)14-11-26-28(43-20-38-39-40-43)13-12-27(35)31(26)36/h4-14,20,32H,15-19H2,1-3H3,(H,37,46)/b14-11+/t32-/m1/s1. The Bertz CT molecular complexity index is 1860. The Morgan fingerprint density at radius 2 is 1.88 bits per heavy atom. The Morgan fingerprint density at radius 1 is 1.10 bits per heavy atom. The minimum Gasteiger partial charge on any atom is -0.465 e. The second-order valence-electron chi connectivity index (χ2n) is 11.3. The highest BCUT2D eigenvalue weighted by Gasteiger charge is 2.36. The summed E-state index contributed by atoms with van der Waals surface area (Å²) >= 11 is 6.06. The minimum absolute atomic E-state index is 0.0224. The number of benzene rings is 3. The second kappa shape index (κ2) is 15.1. The number of ether oxygens (including phenoxy) is 1. The van der Waals surface area contributed by atoms with Gasteiger partial charge in [0.2, 0.25) is 5.91 Å². The summed E-state index contributed by atoms with van der Waals surface area (Å²) in [4.78, 5) is 56.5. The van der Waals surface area contributed by atoms with Gasteiger partial charge in [0.05, 0.1) is 23.4 Å². The Morgan fingerprint density at radius 3 is 2.56 bits per heavy atom. The van der Waals surface area contributed by atoms with Crippen LogP contribution < -0.4 is 5.32 Å². The first kappa shape index (κ1) is 34.1. The maximum atomic E-state index is 15.2. The van der Waals surface area contributed by atoms with E-state index in [4.69, 9.17) is 16.3 Å². The van der Waals surface area contributed by atoms with Crippen LogP contribution in [-0.2, 0) is 27.2 Å². The van der Waals surface area contributed by atoms with Crippen molar-refractivity contribution >= 4 is 41.2 Å². The van der Waals surface area contributed by atoms with E-state index in [-0.39, 0.29) is 40.9 Å². The molecule has 0 saturated carbocycles. The van der Waals surface area contributed by atoms with Gasteiger partial charge in [0.1, 0.15) is 12.4 Å². The lowest BCUT2D eigenvalue weighted by molar-refractivity contribution is -0.136. The molecule has 248 valence electrons. The molecule has 48 heavy (non-hydrogen) atoms. The van der Waals surface area contributed by atoms with Gasteiger partial charge >= 0.3 is 5.97 Å². The number of hydrogen-bond donors (Lipinski definition) is 1. The van der Waals surface area contributed by atoms with Crippen molar-refractivity contribution in [3.05, 3.63) is 111 Å². The molecule has 0 bridgehead atoms. The average Bonchev–Trinajstić information content (AvgIpc) is 3.62. The molecule has 0 saturated heterocycles. The summed E-state index contributed by atoms with van der Waals surface area (Å²) in [6, 6.07) is 13.4. The maximum absolute atomic E-state index is 15.2. The summed E-state index contributed by atoms with van der Waals surface area (Å²) in [5.41, 5.74) is 2.82. The fourth-order valence-corrected chi connectivity index (χ4v) is 5.73. The van der Waals surface area contributed by atoms with Gasteiger partial charge in [0, 0.05) is 43.3 Å². The van der Waals surface area contributed by atoms with Gasteiger partial charge in [-0.25, -0.2) is 9.18 Å². The molecule has 0 unspecified atom stereocenters. The number of fused-ring (bicyclic) bond motifs is 1. The van der Waals surface area contributed by atoms with Crippen LogP contribution in [0.15, 0.2) is 67.0 Å². The van der Waals surface area contributed by atoms with Gasteiger partial charge in [-0.3, -0.25) is 14.4 Å². The first-order valence-electron chi connectivity index (χ1n) is 15.0. The summed E-state index contributed by atoms with van der Waals surface area (Å²) in [5.74, 6) is -2.41. The molecule has 0 spiro atoms. The van der Waals surface area contributed by atoms with Crippen molar-refractivity contribution in [1.29, 1.82) is 0 Å². The monoisotopic (exact) mass is 673 g/mol. The largest absolute Gasteiger partial charge is 0.465 e. The normalized spacial score (nSPS) is 14.2. The average molecular weight is 674 g/mol. The molecular weight excluding hydrogens is 641 g/mol. The molecule has 1 atom stereocenters. The molecule has 2 amide bonds. The molecule has 2 heterocycles. The topological polar surface area (TPSA) is 140 Å². The third-order valence-corrected chi connectivity index (χ3v) is 8.24. The molecule has 0 aliphatic carbocycles. The zero-order chi connectivity index (χ0) is 34.4. The van der Waals surface area contributed by atoms with E-state index in [0.29, 0.717) is 47.3 Å². The highest BCUT2D eigenvalue weighted by molar-refractivity contribution is 6.31. The number of hydrogen-bond acceptors (Lipinski definition) is 9. The quantitative estimate of drug-likeness (QED) is 0.187. The number of methoxy groups -OCH3 is 1. The minimum atomic E-state index is -1.05. The van der Waals surface area contributed by atoms with E-state index in [9.17, 15) is 19.2 Å². The second-order valence-corrected chi connectivity index (χ2v) is 11.7. The van der Waals surface area contributed by atoms with Crippen LogP contribution in [0, 0.1) is 5.82 Å². The van der Waals surface area contributed by atoms with E-state index in [1.54, 1.807) is 42.5 Å². The fraction of sp³-hybridized carbons (Fsp3) is 0.265. The fourth-order valence-electron chi connectivity index (χ4n) is 5.57. The number of nitrogens with zero attached hydrogens (tertiary/aromatic N) is 6. The summed E-state index contributed by atoms with van der Waals surface area (Å²) in [5, 5.41) is 13.8. The SMILES string of the molecule is COC(=O)c1ccc(CC(=O)[C@H]2c3cccc(C(=O)NCCN(C)C)c3CCN2C(=O)/C=C/c2c(-n3cnnn3)ccc(Cl)c2F)cc1. The van der Waals surface area contributed by atoms with Crippen LogP contribution in [0.4, 0.5) is 4.39 Å². The summed E-state index contributed by atoms with van der Waals surface area (Å²) < 4.78 is 21.2. The van der Waals surface area contributed by atoms with Gasteiger partial charge in [-0.1, -0.05) is 35.9 Å². The van der Waals surface area contributed by atoms with Crippen LogP contribution in [0.3, 0.4) is 0 Å². The zero-order valence-electron chi connectivity index (χ0n) is 26.5. The van der Waals surface area contributed by atoms with Crippen LogP contribution in [-0.4, -0.2) is 94.4 Å². The van der Waals surface area contributed by atoms with E-state index < -0.39 is 23.7 Å². The molecule has 1 aliphatic heterocycles. The van der Waals surface area contributed by atoms with Crippen molar-refractivity contribution in [2.45, 2.75) is 18.9 Å². The number of tetrazole rings is 1. The number of halogens is 2. The lowest BCUT2D eigenvalue weighted by Crippen LogP contribution is -2.44. The number of Topliss-reactive ketones (excluding diaryl/α,β-unsaturated/α-hetero) is 1. The summed E-state index contributed by atoms with van der Waals surface area (Å²) in [6.45, 7) is 1.20.